The third-order valence-electron chi connectivity index (χ3n) is 5.07. The molecule has 1 heterocycles. The quantitative estimate of drug-likeness (QED) is 0.635. The van der Waals surface area contributed by atoms with Gasteiger partial charge in [0.05, 0.1) is 32.1 Å². The van der Waals surface area contributed by atoms with Gasteiger partial charge in [0.15, 0.2) is 11.5 Å². The van der Waals surface area contributed by atoms with E-state index in [0.29, 0.717) is 35.1 Å². The summed E-state index contributed by atoms with van der Waals surface area (Å²) in [6, 6.07) is 20.7. The van der Waals surface area contributed by atoms with E-state index >= 15 is 0 Å². The number of methoxy groups -OCH3 is 2. The fourth-order valence-electron chi connectivity index (χ4n) is 3.69. The molecule has 0 aromatic heterocycles. The molecule has 0 unspecified atom stereocenters. The number of fused-ring (bicyclic) bond motifs is 1. The predicted molar refractivity (Wildman–Crippen MR) is 117 cm³/mol. The molecule has 3 aromatic rings. The summed E-state index contributed by atoms with van der Waals surface area (Å²) >= 11 is 0. The van der Waals surface area contributed by atoms with Gasteiger partial charge in [-0.2, -0.15) is 0 Å². The predicted octanol–water partition coefficient (Wildman–Crippen LogP) is 4.87. The first-order valence-electron chi connectivity index (χ1n) is 9.80. The zero-order valence-corrected chi connectivity index (χ0v) is 17.2. The first-order valence-corrected chi connectivity index (χ1v) is 9.80. The van der Waals surface area contributed by atoms with Crippen molar-refractivity contribution in [2.45, 2.75) is 13.1 Å². The Balaban J connectivity index is 1.86. The summed E-state index contributed by atoms with van der Waals surface area (Å²) in [4.78, 5) is 15.3. The lowest BCUT2D eigenvalue weighted by atomic mass is 10.0. The molecule has 1 aliphatic heterocycles. The number of hydrogen-bond donors (Lipinski definition) is 1. The van der Waals surface area contributed by atoms with E-state index in [-0.39, 0.29) is 5.91 Å². The second-order valence-corrected chi connectivity index (χ2v) is 6.78. The van der Waals surface area contributed by atoms with Gasteiger partial charge in [-0.05, 0) is 48.9 Å². The highest BCUT2D eigenvalue weighted by molar-refractivity contribution is 6.12. The Morgan fingerprint density at radius 1 is 0.900 bits per heavy atom. The Bertz CT molecular complexity index is 1070. The molecule has 0 aliphatic carbocycles. The summed E-state index contributed by atoms with van der Waals surface area (Å²) in [5.74, 6) is 1.79. The van der Waals surface area contributed by atoms with E-state index in [9.17, 15) is 4.79 Å². The van der Waals surface area contributed by atoms with Crippen LogP contribution in [0.5, 0.6) is 17.2 Å². The zero-order chi connectivity index (χ0) is 21.1. The number of para-hydroxylation sites is 3. The Labute approximate surface area is 176 Å². The van der Waals surface area contributed by atoms with Crippen molar-refractivity contribution in [3.05, 3.63) is 77.9 Å². The van der Waals surface area contributed by atoms with Crippen LogP contribution in [-0.4, -0.2) is 26.7 Å². The number of nitrogens with zero attached hydrogens (tertiary/aromatic N) is 1. The van der Waals surface area contributed by atoms with Crippen LogP contribution < -0.4 is 24.4 Å². The van der Waals surface area contributed by atoms with E-state index < -0.39 is 6.17 Å². The fraction of sp³-hybridized carbons (Fsp3) is 0.208. The molecule has 3 aromatic carbocycles. The number of hydrogen-bond acceptors (Lipinski definition) is 5. The Morgan fingerprint density at radius 2 is 1.63 bits per heavy atom. The van der Waals surface area contributed by atoms with Crippen LogP contribution >= 0.6 is 0 Å². The zero-order valence-electron chi connectivity index (χ0n) is 17.2. The van der Waals surface area contributed by atoms with Crippen molar-refractivity contribution in [2.24, 2.45) is 0 Å². The van der Waals surface area contributed by atoms with Gasteiger partial charge in [-0.15, -0.1) is 0 Å². The van der Waals surface area contributed by atoms with E-state index in [2.05, 4.69) is 5.32 Å². The number of ether oxygens (including phenoxy) is 3. The highest BCUT2D eigenvalue weighted by Gasteiger charge is 2.35. The molecule has 0 saturated heterocycles. The van der Waals surface area contributed by atoms with Crippen LogP contribution in [0.4, 0.5) is 11.4 Å². The van der Waals surface area contributed by atoms with E-state index in [0.717, 1.165) is 11.3 Å². The van der Waals surface area contributed by atoms with Crippen LogP contribution in [0.3, 0.4) is 0 Å². The van der Waals surface area contributed by atoms with E-state index in [1.54, 1.807) is 19.1 Å². The average molecular weight is 404 g/mol. The number of carbonyl (C=O) groups excluding carboxylic acids is 1. The highest BCUT2D eigenvalue weighted by Crippen LogP contribution is 2.42. The minimum absolute atomic E-state index is 0.105. The van der Waals surface area contributed by atoms with Crippen molar-refractivity contribution in [2.75, 3.05) is 31.0 Å². The maximum Gasteiger partial charge on any atom is 0.262 e. The standard InChI is InChI=1S/C24H24N2O4/c1-4-30-21-14-13-16(15-22(21)29-3)23-25-18-10-6-5-9-17(18)24(27)26(23)19-11-7-8-12-20(19)28-2/h5-15,23,25H,4H2,1-3H3/t23-/m1/s1. The molecule has 0 saturated carbocycles. The fourth-order valence-corrected chi connectivity index (χ4v) is 3.69. The summed E-state index contributed by atoms with van der Waals surface area (Å²) < 4.78 is 16.7. The number of rotatable bonds is 6. The third-order valence-corrected chi connectivity index (χ3v) is 5.07. The van der Waals surface area contributed by atoms with Gasteiger partial charge in [0.25, 0.3) is 5.91 Å². The number of amides is 1. The average Bonchev–Trinajstić information content (AvgIpc) is 2.79. The van der Waals surface area contributed by atoms with Crippen LogP contribution in [0.2, 0.25) is 0 Å². The molecule has 0 fully saturated rings. The molecular weight excluding hydrogens is 380 g/mol. The molecule has 1 atom stereocenters. The normalized spacial score (nSPS) is 15.2. The molecule has 0 bridgehead atoms. The molecule has 6 nitrogen and oxygen atoms in total. The van der Waals surface area contributed by atoms with Gasteiger partial charge in [-0.3, -0.25) is 9.69 Å². The van der Waals surface area contributed by atoms with Gasteiger partial charge in [0.2, 0.25) is 0 Å². The maximum atomic E-state index is 13.6. The summed E-state index contributed by atoms with van der Waals surface area (Å²) in [7, 11) is 3.21. The summed E-state index contributed by atoms with van der Waals surface area (Å²) in [5.41, 5.74) is 2.94. The van der Waals surface area contributed by atoms with Crippen molar-refractivity contribution in [3.63, 3.8) is 0 Å². The second kappa shape index (κ2) is 8.37. The van der Waals surface area contributed by atoms with Gasteiger partial charge in [0, 0.05) is 5.69 Å². The number of carbonyl (C=O) groups is 1. The van der Waals surface area contributed by atoms with E-state index in [1.165, 1.54) is 0 Å². The monoisotopic (exact) mass is 404 g/mol. The summed E-state index contributed by atoms with van der Waals surface area (Å²) in [5, 5.41) is 3.50. The molecule has 6 heteroatoms. The van der Waals surface area contributed by atoms with E-state index in [4.69, 9.17) is 14.2 Å². The molecule has 154 valence electrons. The van der Waals surface area contributed by atoms with E-state index in [1.807, 2.05) is 73.7 Å². The Morgan fingerprint density at radius 3 is 2.40 bits per heavy atom. The minimum atomic E-state index is -0.451. The lowest BCUT2D eigenvalue weighted by Crippen LogP contribution is -2.43. The summed E-state index contributed by atoms with van der Waals surface area (Å²) in [6.07, 6.45) is -0.451. The Kier molecular flexibility index (Phi) is 5.48. The largest absolute Gasteiger partial charge is 0.495 e. The summed E-state index contributed by atoms with van der Waals surface area (Å²) in [6.45, 7) is 2.46. The minimum Gasteiger partial charge on any atom is -0.495 e. The Hall–Kier alpha value is -3.67. The molecule has 1 aliphatic rings. The van der Waals surface area contributed by atoms with Crippen molar-refractivity contribution in [3.8, 4) is 17.2 Å². The van der Waals surface area contributed by atoms with Gasteiger partial charge in [0.1, 0.15) is 11.9 Å². The van der Waals surface area contributed by atoms with Gasteiger partial charge >= 0.3 is 0 Å². The van der Waals surface area contributed by atoms with Gasteiger partial charge in [-0.1, -0.05) is 30.3 Å². The first kappa shape index (κ1) is 19.6. The van der Waals surface area contributed by atoms with Crippen LogP contribution in [0, 0.1) is 0 Å². The molecule has 0 spiro atoms. The van der Waals surface area contributed by atoms with Crippen molar-refractivity contribution in [1.82, 2.24) is 0 Å². The first-order chi connectivity index (χ1) is 14.7. The van der Waals surface area contributed by atoms with Gasteiger partial charge in [-0.25, -0.2) is 0 Å². The van der Waals surface area contributed by atoms with Crippen LogP contribution in [0.25, 0.3) is 0 Å². The smallest absolute Gasteiger partial charge is 0.262 e. The molecule has 1 amide bonds. The van der Waals surface area contributed by atoms with Crippen molar-refractivity contribution >= 4 is 17.3 Å². The molecule has 4 rings (SSSR count). The lowest BCUT2D eigenvalue weighted by Gasteiger charge is -2.38. The van der Waals surface area contributed by atoms with Crippen LogP contribution in [-0.2, 0) is 0 Å². The second-order valence-electron chi connectivity index (χ2n) is 6.78. The third kappa shape index (κ3) is 3.41. The van der Waals surface area contributed by atoms with Crippen molar-refractivity contribution in [1.29, 1.82) is 0 Å². The molecule has 1 N–H and O–H groups in total. The lowest BCUT2D eigenvalue weighted by molar-refractivity contribution is 0.0974. The maximum absolute atomic E-state index is 13.6. The van der Waals surface area contributed by atoms with Crippen LogP contribution in [0.1, 0.15) is 29.0 Å². The number of benzene rings is 3. The number of nitrogens with one attached hydrogen (secondary N) is 1. The molecule has 30 heavy (non-hydrogen) atoms. The highest BCUT2D eigenvalue weighted by atomic mass is 16.5. The molecular formula is C24H24N2O4. The van der Waals surface area contributed by atoms with Crippen molar-refractivity contribution < 1.29 is 19.0 Å². The molecule has 0 radical (unpaired) electrons. The van der Waals surface area contributed by atoms with Crippen LogP contribution in [0.15, 0.2) is 66.7 Å². The SMILES string of the molecule is CCOc1ccc([C@@H]2Nc3ccccc3C(=O)N2c2ccccc2OC)cc1OC. The number of anilines is 2. The topological polar surface area (TPSA) is 60.0 Å². The van der Waals surface area contributed by atoms with Gasteiger partial charge < -0.3 is 19.5 Å².